The van der Waals surface area contributed by atoms with Crippen LogP contribution in [0.1, 0.15) is 19.4 Å². The molecule has 1 heterocycles. The van der Waals surface area contributed by atoms with Gasteiger partial charge < -0.3 is 19.3 Å². The topological polar surface area (TPSA) is 81.7 Å². The van der Waals surface area contributed by atoms with Gasteiger partial charge in [-0.3, -0.25) is 4.99 Å². The van der Waals surface area contributed by atoms with E-state index < -0.39 is 0 Å². The van der Waals surface area contributed by atoms with Crippen LogP contribution in [0.25, 0.3) is 0 Å². The third-order valence-electron chi connectivity index (χ3n) is 3.09. The Kier molecular flexibility index (Phi) is 9.83. The summed E-state index contributed by atoms with van der Waals surface area (Å²) in [6, 6.07) is 5.32. The summed E-state index contributed by atoms with van der Waals surface area (Å²) in [6.07, 6.45) is 0. The molecule has 8 heteroatoms. The Labute approximate surface area is 159 Å². The number of aromatic hydroxyl groups is 1. The van der Waals surface area contributed by atoms with E-state index in [0.717, 1.165) is 38.0 Å². The van der Waals surface area contributed by atoms with Crippen LogP contribution in [0.4, 0.5) is 0 Å². The fourth-order valence-electron chi connectivity index (χ4n) is 1.97. The predicted octanol–water partition coefficient (Wildman–Crippen LogP) is 2.15. The maximum absolute atomic E-state index is 10.2. The van der Waals surface area contributed by atoms with Crippen LogP contribution >= 0.6 is 11.8 Å². The van der Waals surface area contributed by atoms with Crippen molar-refractivity contribution in [1.82, 2.24) is 0 Å². The van der Waals surface area contributed by atoms with Crippen molar-refractivity contribution in [2.45, 2.75) is 19.4 Å². The van der Waals surface area contributed by atoms with Gasteiger partial charge >= 0.3 is 24.9 Å². The van der Waals surface area contributed by atoms with Crippen molar-refractivity contribution in [3.63, 3.8) is 0 Å². The third-order valence-corrected chi connectivity index (χ3v) is 4.53. The normalized spacial score (nSPS) is 15.5. The van der Waals surface area contributed by atoms with E-state index in [9.17, 15) is 5.11 Å². The first-order valence-corrected chi connectivity index (χ1v) is 9.21. The molecule has 0 saturated heterocycles. The summed E-state index contributed by atoms with van der Waals surface area (Å²) in [5, 5.41) is 11.1. The molecule has 0 bridgehead atoms. The van der Waals surface area contributed by atoms with E-state index in [1.165, 1.54) is 0 Å². The minimum absolute atomic E-state index is 0.0683. The van der Waals surface area contributed by atoms with Crippen molar-refractivity contribution in [3.05, 3.63) is 23.8 Å². The van der Waals surface area contributed by atoms with Gasteiger partial charge in [-0.15, -0.1) is 11.8 Å². The third kappa shape index (κ3) is 7.06. The monoisotopic (exact) mass is 366 g/mol. The molecule has 1 aromatic rings. The van der Waals surface area contributed by atoms with Crippen LogP contribution in [0.5, 0.6) is 11.5 Å². The standard InChI is InChI=1S/C16H23NO4S.Mg.H2O/c1-16(2)11-22-15(17-16)13-5-4-12(10-14(13)18)21-9-8-20-7-6-19-3;;/h4-5,10,18H,6-9,11H2,1-3H3;;1H2/q;+2;/p-1. The quantitative estimate of drug-likeness (QED) is 0.433. The number of hydrogen-bond acceptors (Lipinski definition) is 6. The second-order valence-corrected chi connectivity index (χ2v) is 6.61. The van der Waals surface area contributed by atoms with Crippen molar-refractivity contribution in [3.8, 4) is 11.5 Å². The van der Waals surface area contributed by atoms with Crippen LogP contribution in [-0.4, -0.2) is 79.8 Å². The second-order valence-electron chi connectivity index (χ2n) is 5.65. The Bertz CT molecular complexity index is 553. The van der Waals surface area contributed by atoms with E-state index in [-0.39, 0.29) is 11.3 Å². The molecular weight excluding hydrogens is 343 g/mol. The van der Waals surface area contributed by atoms with Crippen molar-refractivity contribution in [2.24, 2.45) is 4.99 Å². The number of rotatable bonds is 8. The molecule has 24 heavy (non-hydrogen) atoms. The zero-order chi connectivity index (χ0) is 18.0. The van der Waals surface area contributed by atoms with Crippen LogP contribution < -0.4 is 4.74 Å². The van der Waals surface area contributed by atoms with Crippen molar-refractivity contribution >= 4 is 38.5 Å². The molecule has 0 radical (unpaired) electrons. The number of aliphatic imine (C=N–C) groups is 1. The van der Waals surface area contributed by atoms with Crippen LogP contribution in [0.3, 0.4) is 0 Å². The average molecular weight is 367 g/mol. The van der Waals surface area contributed by atoms with E-state index >= 15 is 0 Å². The predicted molar refractivity (Wildman–Crippen MR) is 97.1 cm³/mol. The van der Waals surface area contributed by atoms with Gasteiger partial charge in [0.05, 0.1) is 25.4 Å². The van der Waals surface area contributed by atoms with Crippen molar-refractivity contribution in [1.29, 1.82) is 0 Å². The van der Waals surface area contributed by atoms with E-state index in [4.69, 9.17) is 17.4 Å². The molecule has 2 rings (SSSR count). The molecule has 0 unspecified atom stereocenters. The minimum atomic E-state index is -0.0683. The fraction of sp³-hybridized carbons (Fsp3) is 0.562. The summed E-state index contributed by atoms with van der Waals surface area (Å²) >= 11 is 2.53. The number of methoxy groups -OCH3 is 1. The van der Waals surface area contributed by atoms with Crippen molar-refractivity contribution in [2.75, 3.05) is 39.3 Å². The van der Waals surface area contributed by atoms with Crippen LogP contribution in [-0.2, 0) is 9.47 Å². The van der Waals surface area contributed by atoms with E-state index in [2.05, 4.69) is 18.8 Å². The molecule has 2 N–H and O–H groups in total. The average Bonchev–Trinajstić information content (AvgIpc) is 2.92. The number of hydrogen-bond donors (Lipinski definition) is 1. The van der Waals surface area contributed by atoms with Crippen LogP contribution in [0, 0.1) is 0 Å². The summed E-state index contributed by atoms with van der Waals surface area (Å²) in [7, 11) is 1.64. The maximum atomic E-state index is 10.2. The molecule has 1 aliphatic heterocycles. The molecule has 0 atom stereocenters. The molecule has 0 fully saturated rings. The summed E-state index contributed by atoms with van der Waals surface area (Å²) in [5.74, 6) is 1.75. The van der Waals surface area contributed by atoms with Gasteiger partial charge in [0.15, 0.2) is 0 Å². The molecule has 1 aromatic carbocycles. The molecule has 130 valence electrons. The van der Waals surface area contributed by atoms with Gasteiger partial charge in [0.1, 0.15) is 23.1 Å². The Hall–Kier alpha value is -0.674. The first-order valence-electron chi connectivity index (χ1n) is 7.59. The second kappa shape index (κ2) is 11.0. The molecular formula is C16H24MgNO5S+. The van der Waals surface area contributed by atoms with Gasteiger partial charge in [0.2, 0.25) is 0 Å². The van der Waals surface area contributed by atoms with Gasteiger partial charge in [-0.05, 0) is 26.0 Å². The van der Waals surface area contributed by atoms with Gasteiger partial charge in [0, 0.05) is 24.5 Å². The molecule has 0 saturated carbocycles. The van der Waals surface area contributed by atoms with Gasteiger partial charge in [0.25, 0.3) is 0 Å². The van der Waals surface area contributed by atoms with Gasteiger partial charge in [-0.2, -0.15) is 0 Å². The summed E-state index contributed by atoms with van der Waals surface area (Å²) in [5.41, 5.74) is 0.695. The Balaban J connectivity index is 0.00000139. The number of benzene rings is 1. The molecule has 0 spiro atoms. The zero-order valence-electron chi connectivity index (χ0n) is 14.4. The number of phenols is 1. The summed E-state index contributed by atoms with van der Waals surface area (Å²) in [4.78, 5) is 4.63. The fourth-order valence-corrected chi connectivity index (χ4v) is 3.16. The van der Waals surface area contributed by atoms with Gasteiger partial charge in [-0.25, -0.2) is 0 Å². The Morgan fingerprint density at radius 2 is 1.96 bits per heavy atom. The van der Waals surface area contributed by atoms with Crippen LogP contribution in [0.15, 0.2) is 23.2 Å². The number of nitrogens with zero attached hydrogens (tertiary/aromatic N) is 1. The molecule has 0 aliphatic carbocycles. The molecule has 0 amide bonds. The van der Waals surface area contributed by atoms with Gasteiger partial charge in [-0.1, -0.05) is 0 Å². The Morgan fingerprint density at radius 3 is 2.54 bits per heavy atom. The summed E-state index contributed by atoms with van der Waals surface area (Å²) < 4.78 is 22.8. The first-order chi connectivity index (χ1) is 11.5. The first kappa shape index (κ1) is 21.4. The molecule has 0 aromatic heterocycles. The van der Waals surface area contributed by atoms with E-state index in [1.807, 2.05) is 12.1 Å². The number of thioether (sulfide) groups is 1. The molecule has 6 nitrogen and oxygen atoms in total. The zero-order valence-corrected chi connectivity index (χ0v) is 16.7. The van der Waals surface area contributed by atoms with E-state index in [0.29, 0.717) is 32.2 Å². The Morgan fingerprint density at radius 1 is 1.25 bits per heavy atom. The van der Waals surface area contributed by atoms with Crippen LogP contribution in [0.2, 0.25) is 0 Å². The molecule has 1 aliphatic rings. The van der Waals surface area contributed by atoms with E-state index in [1.54, 1.807) is 24.9 Å². The number of phenolic OH excluding ortho intramolecular Hbond substituents is 1. The van der Waals surface area contributed by atoms with Crippen molar-refractivity contribution < 1.29 is 22.5 Å². The summed E-state index contributed by atoms with van der Waals surface area (Å²) in [6.45, 7) is 6.23. The number of ether oxygens (including phenoxy) is 3. The SMILES string of the molecule is COCCOCCOc1ccc(C2=NC(C)(C)CS2)c(O)c1.[OH+]=[Mg].